The number of fused-ring (bicyclic) bond motifs is 1. The summed E-state index contributed by atoms with van der Waals surface area (Å²) in [7, 11) is 0. The second kappa shape index (κ2) is 11.5. The lowest BCUT2D eigenvalue weighted by atomic mass is 9.78. The zero-order chi connectivity index (χ0) is 31.8. The van der Waals surface area contributed by atoms with E-state index in [1.165, 1.54) is 9.08 Å². The third-order valence-electron chi connectivity index (χ3n) is 7.33. The Morgan fingerprint density at radius 1 is 0.955 bits per heavy atom. The number of phenols is 1. The van der Waals surface area contributed by atoms with E-state index in [0.717, 1.165) is 16.7 Å². The van der Waals surface area contributed by atoms with E-state index >= 15 is 0 Å². The van der Waals surface area contributed by atoms with Crippen LogP contribution in [0.5, 0.6) is 11.5 Å². The van der Waals surface area contributed by atoms with Gasteiger partial charge in [-0.05, 0) is 59.4 Å². The second-order valence-electron chi connectivity index (χ2n) is 12.8. The standard InChI is InChI=1S/C34H38N6O4/c1-33(2,3)25-18-22(19-26(28(25)41)34(4,5)6)31(42)36-16-17-44-24-14-12-21(13-15-24)27-20-39-30(29(35)37-27)38-40(32(39)43)23-10-8-7-9-11-23/h7-15,18-20,41H,16-17H2,1-6H3,(H2,35,37)(H,36,42). The van der Waals surface area contributed by atoms with Gasteiger partial charge >= 0.3 is 5.69 Å². The van der Waals surface area contributed by atoms with Crippen molar-refractivity contribution in [1.82, 2.24) is 24.5 Å². The molecule has 0 aliphatic rings. The van der Waals surface area contributed by atoms with Crippen LogP contribution in [0.2, 0.25) is 0 Å². The summed E-state index contributed by atoms with van der Waals surface area (Å²) in [6, 6.07) is 19.9. The van der Waals surface area contributed by atoms with Gasteiger partial charge in [0, 0.05) is 28.5 Å². The van der Waals surface area contributed by atoms with Crippen molar-refractivity contribution in [3.63, 3.8) is 0 Å². The van der Waals surface area contributed by atoms with Crippen LogP contribution < -0.4 is 21.5 Å². The molecule has 5 aromatic rings. The van der Waals surface area contributed by atoms with Crippen LogP contribution in [0.3, 0.4) is 0 Å². The molecule has 0 fully saturated rings. The summed E-state index contributed by atoms with van der Waals surface area (Å²) < 4.78 is 8.54. The van der Waals surface area contributed by atoms with Crippen LogP contribution in [0, 0.1) is 0 Å². The van der Waals surface area contributed by atoms with Gasteiger partial charge in [-0.15, -0.1) is 5.10 Å². The zero-order valence-electron chi connectivity index (χ0n) is 25.9. The highest BCUT2D eigenvalue weighted by Gasteiger charge is 2.27. The first-order valence-corrected chi connectivity index (χ1v) is 14.5. The number of amides is 1. The van der Waals surface area contributed by atoms with Crippen LogP contribution in [0.15, 0.2) is 77.7 Å². The number of rotatable bonds is 7. The van der Waals surface area contributed by atoms with Crippen LogP contribution in [0.1, 0.15) is 63.0 Å². The first-order chi connectivity index (χ1) is 20.7. The third-order valence-corrected chi connectivity index (χ3v) is 7.33. The molecule has 5 rings (SSSR count). The smallest absolute Gasteiger partial charge is 0.355 e. The summed E-state index contributed by atoms with van der Waals surface area (Å²) in [5.41, 5.74) is 9.31. The van der Waals surface area contributed by atoms with Gasteiger partial charge in [-0.1, -0.05) is 59.7 Å². The highest BCUT2D eigenvalue weighted by atomic mass is 16.5. The number of benzene rings is 3. The van der Waals surface area contributed by atoms with Gasteiger partial charge in [0.15, 0.2) is 5.82 Å². The Morgan fingerprint density at radius 2 is 1.57 bits per heavy atom. The summed E-state index contributed by atoms with van der Waals surface area (Å²) in [6.45, 7) is 12.6. The molecule has 0 aliphatic heterocycles. The zero-order valence-corrected chi connectivity index (χ0v) is 25.9. The fourth-order valence-corrected chi connectivity index (χ4v) is 4.94. The quantitative estimate of drug-likeness (QED) is 0.219. The summed E-state index contributed by atoms with van der Waals surface area (Å²) in [6.07, 6.45) is 1.62. The fraction of sp³-hybridized carbons (Fsp3) is 0.294. The Bertz CT molecular complexity index is 1840. The molecule has 228 valence electrons. The minimum atomic E-state index is -0.347. The van der Waals surface area contributed by atoms with E-state index in [4.69, 9.17) is 10.5 Å². The predicted molar refractivity (Wildman–Crippen MR) is 172 cm³/mol. The van der Waals surface area contributed by atoms with Gasteiger partial charge in [-0.2, -0.15) is 4.68 Å². The average molecular weight is 595 g/mol. The van der Waals surface area contributed by atoms with Crippen molar-refractivity contribution in [3.05, 3.63) is 100 Å². The maximum Gasteiger partial charge on any atom is 0.355 e. The fourth-order valence-electron chi connectivity index (χ4n) is 4.94. The second-order valence-corrected chi connectivity index (χ2v) is 12.8. The maximum absolute atomic E-state index is 13.1. The molecule has 0 bridgehead atoms. The molecule has 2 heterocycles. The molecule has 10 nitrogen and oxygen atoms in total. The Balaban J connectivity index is 1.25. The van der Waals surface area contributed by atoms with E-state index in [1.807, 2.05) is 71.9 Å². The normalized spacial score (nSPS) is 12.0. The largest absolute Gasteiger partial charge is 0.507 e. The molecule has 0 radical (unpaired) electrons. The van der Waals surface area contributed by atoms with Crippen molar-refractivity contribution in [2.24, 2.45) is 0 Å². The van der Waals surface area contributed by atoms with Crippen molar-refractivity contribution in [3.8, 4) is 28.4 Å². The Hall–Kier alpha value is -5.12. The number of ether oxygens (including phenoxy) is 1. The van der Waals surface area contributed by atoms with E-state index < -0.39 is 0 Å². The molecular formula is C34H38N6O4. The molecule has 3 aromatic carbocycles. The van der Waals surface area contributed by atoms with Gasteiger partial charge in [0.25, 0.3) is 5.91 Å². The van der Waals surface area contributed by atoms with Gasteiger partial charge in [0.1, 0.15) is 18.1 Å². The predicted octanol–water partition coefficient (Wildman–Crippen LogP) is 5.24. The lowest BCUT2D eigenvalue weighted by Crippen LogP contribution is -2.29. The average Bonchev–Trinajstić information content (AvgIpc) is 3.31. The van der Waals surface area contributed by atoms with Crippen LogP contribution in [0.4, 0.5) is 5.82 Å². The molecule has 0 saturated carbocycles. The van der Waals surface area contributed by atoms with E-state index in [1.54, 1.807) is 42.6 Å². The van der Waals surface area contributed by atoms with Crippen molar-refractivity contribution < 1.29 is 14.6 Å². The van der Waals surface area contributed by atoms with Crippen molar-refractivity contribution in [2.75, 3.05) is 18.9 Å². The number of hydrogen-bond donors (Lipinski definition) is 3. The van der Waals surface area contributed by atoms with E-state index in [0.29, 0.717) is 29.2 Å². The number of nitrogens with zero attached hydrogens (tertiary/aromatic N) is 4. The SMILES string of the molecule is CC(C)(C)c1cc(C(=O)NCCOc2ccc(-c3cn4c(=O)n(-c5ccccc5)nc4c(N)n3)cc2)cc(C(C)(C)C)c1O. The number of nitrogens with one attached hydrogen (secondary N) is 1. The first kappa shape index (κ1) is 30.3. The summed E-state index contributed by atoms with van der Waals surface area (Å²) >= 11 is 0. The molecule has 10 heteroatoms. The van der Waals surface area contributed by atoms with Gasteiger partial charge in [0.05, 0.1) is 17.9 Å². The molecule has 4 N–H and O–H groups in total. The summed E-state index contributed by atoms with van der Waals surface area (Å²) in [5, 5.41) is 18.2. The van der Waals surface area contributed by atoms with E-state index in [2.05, 4.69) is 15.4 Å². The molecule has 1 amide bonds. The number of aromatic nitrogens is 4. The molecule has 2 aromatic heterocycles. The van der Waals surface area contributed by atoms with Gasteiger partial charge in [-0.25, -0.2) is 14.2 Å². The van der Waals surface area contributed by atoms with Gasteiger partial charge in [-0.3, -0.25) is 4.79 Å². The number of para-hydroxylation sites is 1. The van der Waals surface area contributed by atoms with Crippen LogP contribution >= 0.6 is 0 Å². The Morgan fingerprint density at radius 3 is 2.16 bits per heavy atom. The van der Waals surface area contributed by atoms with Gasteiger partial charge < -0.3 is 20.9 Å². The molecule has 0 aliphatic carbocycles. The summed E-state index contributed by atoms with van der Waals surface area (Å²) in [4.78, 5) is 30.6. The van der Waals surface area contributed by atoms with Gasteiger partial charge in [0.2, 0.25) is 5.65 Å². The molecular weight excluding hydrogens is 556 g/mol. The molecule has 0 spiro atoms. The number of carbonyl (C=O) groups excluding carboxylic acids is 1. The molecule has 0 unspecified atom stereocenters. The number of anilines is 1. The third kappa shape index (κ3) is 6.15. The number of carbonyl (C=O) groups is 1. The van der Waals surface area contributed by atoms with Crippen LogP contribution in [-0.4, -0.2) is 43.3 Å². The first-order valence-electron chi connectivity index (χ1n) is 14.5. The molecule has 0 saturated heterocycles. The number of phenolic OH excluding ortho intramolecular Hbond substituents is 1. The lowest BCUT2D eigenvalue weighted by molar-refractivity contribution is 0.0946. The number of hydrogen-bond acceptors (Lipinski definition) is 7. The Labute approximate surface area is 256 Å². The van der Waals surface area contributed by atoms with Crippen molar-refractivity contribution >= 4 is 17.4 Å². The maximum atomic E-state index is 13.1. The van der Waals surface area contributed by atoms with Crippen molar-refractivity contribution in [1.29, 1.82) is 0 Å². The topological polar surface area (TPSA) is 137 Å². The monoisotopic (exact) mass is 594 g/mol. The lowest BCUT2D eigenvalue weighted by Gasteiger charge is -2.28. The van der Waals surface area contributed by atoms with E-state index in [9.17, 15) is 14.7 Å². The Kier molecular flexibility index (Phi) is 7.94. The minimum absolute atomic E-state index is 0.142. The van der Waals surface area contributed by atoms with E-state index in [-0.39, 0.29) is 46.2 Å². The number of nitrogen functional groups attached to an aromatic ring is 1. The van der Waals surface area contributed by atoms with Crippen LogP contribution in [-0.2, 0) is 10.8 Å². The highest BCUT2D eigenvalue weighted by molar-refractivity contribution is 5.95. The number of aromatic hydroxyl groups is 1. The highest BCUT2D eigenvalue weighted by Crippen LogP contribution is 2.39. The van der Waals surface area contributed by atoms with Crippen molar-refractivity contribution in [2.45, 2.75) is 52.4 Å². The van der Waals surface area contributed by atoms with Crippen LogP contribution in [0.25, 0.3) is 22.6 Å². The summed E-state index contributed by atoms with van der Waals surface area (Å²) in [5.74, 6) is 0.759. The molecule has 44 heavy (non-hydrogen) atoms. The molecule has 0 atom stereocenters. The number of nitrogens with two attached hydrogens (primary N) is 1. The minimum Gasteiger partial charge on any atom is -0.507 e.